The summed E-state index contributed by atoms with van der Waals surface area (Å²) in [5.74, 6) is -1.47. The highest BCUT2D eigenvalue weighted by atomic mass is 16.4. The summed E-state index contributed by atoms with van der Waals surface area (Å²) >= 11 is 0. The number of amides is 1. The number of nitrogens with zero attached hydrogens (tertiary/aromatic N) is 2. The second-order valence-corrected chi connectivity index (χ2v) is 5.96. The molecule has 5 heteroatoms. The zero-order valence-corrected chi connectivity index (χ0v) is 12.6. The highest BCUT2D eigenvalue weighted by Gasteiger charge is 2.37. The van der Waals surface area contributed by atoms with E-state index in [-0.39, 0.29) is 18.4 Å². The second-order valence-electron chi connectivity index (χ2n) is 5.96. The molecule has 0 radical (unpaired) electrons. The fraction of sp³-hybridized carbons (Fsp3) is 0.353. The molecule has 2 atom stereocenters. The van der Waals surface area contributed by atoms with Gasteiger partial charge in [-0.05, 0) is 25.0 Å². The molecule has 114 valence electrons. The van der Waals surface area contributed by atoms with Crippen LogP contribution in [-0.4, -0.2) is 40.0 Å². The number of aryl methyl sites for hydroxylation is 1. The van der Waals surface area contributed by atoms with Gasteiger partial charge in [0.15, 0.2) is 0 Å². The fourth-order valence-electron chi connectivity index (χ4n) is 3.11. The van der Waals surface area contributed by atoms with Gasteiger partial charge in [-0.25, -0.2) is 0 Å². The molecule has 0 spiro atoms. The van der Waals surface area contributed by atoms with Gasteiger partial charge in [-0.15, -0.1) is 0 Å². The molecule has 1 aliphatic heterocycles. The molecular formula is C17H18N2O3. The summed E-state index contributed by atoms with van der Waals surface area (Å²) in [6.07, 6.45) is 0. The lowest BCUT2D eigenvalue weighted by molar-refractivity contribution is -0.142. The number of carboxylic acid groups (broad SMARTS) is 1. The Morgan fingerprint density at radius 3 is 2.68 bits per heavy atom. The smallest absolute Gasteiger partial charge is 0.308 e. The van der Waals surface area contributed by atoms with Gasteiger partial charge in [0.1, 0.15) is 0 Å². The van der Waals surface area contributed by atoms with Crippen molar-refractivity contribution in [3.05, 3.63) is 41.6 Å². The van der Waals surface area contributed by atoms with Gasteiger partial charge < -0.3 is 10.0 Å². The number of aromatic nitrogens is 1. The van der Waals surface area contributed by atoms with Crippen LogP contribution in [0, 0.1) is 18.8 Å². The van der Waals surface area contributed by atoms with Crippen LogP contribution in [0.15, 0.2) is 30.3 Å². The quantitative estimate of drug-likeness (QED) is 0.923. The van der Waals surface area contributed by atoms with Gasteiger partial charge in [-0.1, -0.05) is 25.1 Å². The van der Waals surface area contributed by atoms with Gasteiger partial charge in [0.05, 0.1) is 17.0 Å². The van der Waals surface area contributed by atoms with E-state index in [2.05, 4.69) is 4.98 Å². The number of aliphatic carboxylic acids is 1. The molecule has 1 aliphatic rings. The van der Waals surface area contributed by atoms with Crippen molar-refractivity contribution in [2.24, 2.45) is 11.8 Å². The van der Waals surface area contributed by atoms with E-state index in [1.54, 1.807) is 11.0 Å². The first-order valence-corrected chi connectivity index (χ1v) is 7.36. The Bertz CT molecular complexity index is 757. The molecule has 1 N–H and O–H groups in total. The maximum Gasteiger partial charge on any atom is 0.308 e. The van der Waals surface area contributed by atoms with Crippen LogP contribution in [0.4, 0.5) is 0 Å². The van der Waals surface area contributed by atoms with E-state index in [0.717, 1.165) is 16.6 Å². The molecular weight excluding hydrogens is 280 g/mol. The number of carbonyl (C=O) groups is 2. The number of hydrogen-bond donors (Lipinski definition) is 1. The predicted octanol–water partition coefficient (Wildman–Crippen LogP) is 2.34. The lowest BCUT2D eigenvalue weighted by atomic mass is 9.99. The van der Waals surface area contributed by atoms with Crippen molar-refractivity contribution in [2.45, 2.75) is 13.8 Å². The predicted molar refractivity (Wildman–Crippen MR) is 82.7 cm³/mol. The van der Waals surface area contributed by atoms with Crippen molar-refractivity contribution in [2.75, 3.05) is 13.1 Å². The maximum atomic E-state index is 12.8. The molecule has 1 aromatic heterocycles. The normalized spacial score (nSPS) is 21.3. The highest BCUT2D eigenvalue weighted by Crippen LogP contribution is 2.27. The standard InChI is InChI=1S/C17H18N2O3/c1-10-8-19(9-14(10)17(21)22)16(20)13-7-11(2)18-15-6-4-3-5-12(13)15/h3-7,10,14H,8-9H2,1-2H3,(H,21,22)/t10-,14-/m1/s1. The number of pyridine rings is 1. The van der Waals surface area contributed by atoms with Crippen molar-refractivity contribution in [3.63, 3.8) is 0 Å². The summed E-state index contributed by atoms with van der Waals surface area (Å²) in [6, 6.07) is 9.31. The molecule has 1 amide bonds. The van der Waals surface area contributed by atoms with Gasteiger partial charge in [0, 0.05) is 24.2 Å². The molecule has 0 bridgehead atoms. The lowest BCUT2D eigenvalue weighted by Crippen LogP contribution is -2.30. The Morgan fingerprint density at radius 1 is 1.27 bits per heavy atom. The summed E-state index contributed by atoms with van der Waals surface area (Å²) < 4.78 is 0. The minimum absolute atomic E-state index is 0.0318. The SMILES string of the molecule is Cc1cc(C(=O)N2C[C@@H](C)[C@H](C(=O)O)C2)c2ccccc2n1. The molecule has 1 aromatic carbocycles. The second kappa shape index (κ2) is 5.40. The van der Waals surface area contributed by atoms with Crippen molar-refractivity contribution < 1.29 is 14.7 Å². The molecule has 2 heterocycles. The van der Waals surface area contributed by atoms with Crippen molar-refractivity contribution in [1.29, 1.82) is 0 Å². The minimum Gasteiger partial charge on any atom is -0.481 e. The van der Waals surface area contributed by atoms with Gasteiger partial charge in [-0.2, -0.15) is 0 Å². The summed E-state index contributed by atoms with van der Waals surface area (Å²) in [5.41, 5.74) is 2.17. The Hall–Kier alpha value is -2.43. The van der Waals surface area contributed by atoms with Crippen LogP contribution in [0.3, 0.4) is 0 Å². The number of carboxylic acids is 1. The third-order valence-electron chi connectivity index (χ3n) is 4.29. The Labute approximate surface area is 128 Å². The monoisotopic (exact) mass is 298 g/mol. The van der Waals surface area contributed by atoms with Gasteiger partial charge in [-0.3, -0.25) is 14.6 Å². The van der Waals surface area contributed by atoms with E-state index >= 15 is 0 Å². The summed E-state index contributed by atoms with van der Waals surface area (Å²) in [6.45, 7) is 4.48. The number of benzene rings is 1. The van der Waals surface area contributed by atoms with Crippen LogP contribution >= 0.6 is 0 Å². The molecule has 0 unspecified atom stereocenters. The third kappa shape index (κ3) is 2.43. The highest BCUT2D eigenvalue weighted by molar-refractivity contribution is 6.06. The van der Waals surface area contributed by atoms with E-state index in [4.69, 9.17) is 0 Å². The molecule has 0 aliphatic carbocycles. The van der Waals surface area contributed by atoms with Crippen molar-refractivity contribution in [1.82, 2.24) is 9.88 Å². The summed E-state index contributed by atoms with van der Waals surface area (Å²) in [7, 11) is 0. The first kappa shape index (κ1) is 14.5. The van der Waals surface area contributed by atoms with E-state index in [1.807, 2.05) is 38.1 Å². The van der Waals surface area contributed by atoms with Crippen LogP contribution in [0.5, 0.6) is 0 Å². The first-order valence-electron chi connectivity index (χ1n) is 7.36. The number of carbonyl (C=O) groups excluding carboxylic acids is 1. The van der Waals surface area contributed by atoms with Gasteiger partial charge >= 0.3 is 5.97 Å². The number of rotatable bonds is 2. The number of hydrogen-bond acceptors (Lipinski definition) is 3. The van der Waals surface area contributed by atoms with Crippen LogP contribution < -0.4 is 0 Å². The number of likely N-dealkylation sites (tertiary alicyclic amines) is 1. The van der Waals surface area contributed by atoms with Crippen LogP contribution in [0.2, 0.25) is 0 Å². The largest absolute Gasteiger partial charge is 0.481 e. The zero-order chi connectivity index (χ0) is 15.9. The Morgan fingerprint density at radius 2 is 2.00 bits per heavy atom. The fourth-order valence-corrected chi connectivity index (χ4v) is 3.11. The van der Waals surface area contributed by atoms with Crippen LogP contribution in [0.1, 0.15) is 23.0 Å². The molecule has 1 fully saturated rings. The number of fused-ring (bicyclic) bond motifs is 1. The minimum atomic E-state index is -0.835. The van der Waals surface area contributed by atoms with E-state index < -0.39 is 11.9 Å². The van der Waals surface area contributed by atoms with Gasteiger partial charge in [0.25, 0.3) is 5.91 Å². The van der Waals surface area contributed by atoms with Crippen LogP contribution in [0.25, 0.3) is 10.9 Å². The molecule has 5 nitrogen and oxygen atoms in total. The number of para-hydroxylation sites is 1. The average Bonchev–Trinajstić information content (AvgIpc) is 2.87. The molecule has 22 heavy (non-hydrogen) atoms. The third-order valence-corrected chi connectivity index (χ3v) is 4.29. The molecule has 0 saturated carbocycles. The molecule has 1 saturated heterocycles. The molecule has 2 aromatic rings. The Balaban J connectivity index is 1.98. The zero-order valence-electron chi connectivity index (χ0n) is 12.6. The summed E-state index contributed by atoms with van der Waals surface area (Å²) in [5, 5.41) is 10.0. The average molecular weight is 298 g/mol. The van der Waals surface area contributed by atoms with Gasteiger partial charge in [0.2, 0.25) is 0 Å². The van der Waals surface area contributed by atoms with E-state index in [0.29, 0.717) is 12.1 Å². The van der Waals surface area contributed by atoms with E-state index in [1.165, 1.54) is 0 Å². The lowest BCUT2D eigenvalue weighted by Gasteiger charge is -2.17. The molecule has 3 rings (SSSR count). The van der Waals surface area contributed by atoms with Crippen LogP contribution in [-0.2, 0) is 4.79 Å². The first-order chi connectivity index (χ1) is 10.5. The van der Waals surface area contributed by atoms with Crippen molar-refractivity contribution in [3.8, 4) is 0 Å². The van der Waals surface area contributed by atoms with E-state index in [9.17, 15) is 14.7 Å². The van der Waals surface area contributed by atoms with Crippen molar-refractivity contribution >= 4 is 22.8 Å². The summed E-state index contributed by atoms with van der Waals surface area (Å²) in [4.78, 5) is 30.1. The Kier molecular flexibility index (Phi) is 3.56. The maximum absolute atomic E-state index is 12.8. The topological polar surface area (TPSA) is 70.5 Å².